The number of nitrogens with zero attached hydrogens (tertiary/aromatic N) is 5. The minimum Gasteiger partial charge on any atom is -0.444 e. The molecule has 2 bridgehead atoms. The van der Waals surface area contributed by atoms with E-state index in [1.807, 2.05) is 20.8 Å². The van der Waals surface area contributed by atoms with Crippen molar-refractivity contribution in [2.45, 2.75) is 90.2 Å². The van der Waals surface area contributed by atoms with E-state index in [1.54, 1.807) is 65.8 Å². The van der Waals surface area contributed by atoms with Gasteiger partial charge in [0.15, 0.2) is 5.67 Å². The van der Waals surface area contributed by atoms with Crippen LogP contribution in [0.4, 0.5) is 13.6 Å². The van der Waals surface area contributed by atoms with Gasteiger partial charge in [0, 0.05) is 36.0 Å². The molecule has 3 amide bonds. The van der Waals surface area contributed by atoms with Crippen molar-refractivity contribution in [3.63, 3.8) is 0 Å². The topological polar surface area (TPSA) is 87.5 Å². The van der Waals surface area contributed by atoms with Crippen LogP contribution in [0.2, 0.25) is 0 Å². The van der Waals surface area contributed by atoms with Crippen LogP contribution in [0.1, 0.15) is 76.7 Å². The van der Waals surface area contributed by atoms with Gasteiger partial charge in [-0.25, -0.2) is 18.6 Å². The fourth-order valence-electron chi connectivity index (χ4n) is 7.29. The van der Waals surface area contributed by atoms with Crippen molar-refractivity contribution in [1.29, 1.82) is 0 Å². The first-order chi connectivity index (χ1) is 21.2. The maximum atomic E-state index is 16.7. The largest absolute Gasteiger partial charge is 0.444 e. The van der Waals surface area contributed by atoms with Gasteiger partial charge in [0.05, 0.1) is 36.7 Å². The second-order valence-corrected chi connectivity index (χ2v) is 13.9. The third kappa shape index (κ3) is 5.44. The lowest BCUT2D eigenvalue weighted by Crippen LogP contribution is -2.64. The number of pyridine rings is 1. The summed E-state index contributed by atoms with van der Waals surface area (Å²) in [7, 11) is 0. The number of benzene rings is 1. The molecule has 0 N–H and O–H groups in total. The molecule has 0 spiro atoms. The first-order valence-electron chi connectivity index (χ1n) is 15.8. The number of likely N-dealkylation sites (tertiary alicyclic amines) is 2. The van der Waals surface area contributed by atoms with E-state index in [-0.39, 0.29) is 48.5 Å². The third-order valence-electron chi connectivity index (χ3n) is 9.40. The predicted octanol–water partition coefficient (Wildman–Crippen LogP) is 5.81. The summed E-state index contributed by atoms with van der Waals surface area (Å²) >= 11 is 0. The summed E-state index contributed by atoms with van der Waals surface area (Å²) in [5, 5.41) is 0. The summed E-state index contributed by atoms with van der Waals surface area (Å²) in [6.07, 6.45) is 6.75. The smallest absolute Gasteiger partial charge is 0.411 e. The van der Waals surface area contributed by atoms with Crippen LogP contribution in [-0.2, 0) is 15.2 Å². The minimum atomic E-state index is -1.87. The second kappa shape index (κ2) is 11.1. The highest BCUT2D eigenvalue weighted by atomic mass is 19.1. The summed E-state index contributed by atoms with van der Waals surface area (Å²) in [4.78, 5) is 49.5. The lowest BCUT2D eigenvalue weighted by atomic mass is 9.85. The number of hydrogen-bond donors (Lipinski definition) is 0. The van der Waals surface area contributed by atoms with Gasteiger partial charge >= 0.3 is 6.09 Å². The molecule has 3 fully saturated rings. The second-order valence-electron chi connectivity index (χ2n) is 13.9. The molecule has 2 aliphatic heterocycles. The number of rotatable bonds is 6. The van der Waals surface area contributed by atoms with Gasteiger partial charge in [-0.2, -0.15) is 0 Å². The lowest BCUT2D eigenvalue weighted by Gasteiger charge is -2.47. The summed E-state index contributed by atoms with van der Waals surface area (Å²) in [6.45, 7) is 11.1. The standard InChI is InChI=1S/C34H41F2N5O4/c1-7-40(20(2)3)30(42)27-14-23(35)9-11-25(27)26-13-22(16-38-19-37-15-28(26)38)34(36)17-39(18-34)31(43)29-21-8-10-24(12-21)41(29)32(44)45-33(4,5)6/h9,11,13-16,19-21,24,29H,7-8,10,12,17-18H2,1-6H3/t21-,24+,29-/m0/s1. The Kier molecular flexibility index (Phi) is 7.64. The zero-order valence-electron chi connectivity index (χ0n) is 26.7. The van der Waals surface area contributed by atoms with Gasteiger partial charge in [0.2, 0.25) is 5.91 Å². The van der Waals surface area contributed by atoms with Gasteiger partial charge in [-0.05, 0) is 90.5 Å². The SMILES string of the molecule is CCN(C(=O)c1cc(F)ccc1-c1cc(C2(F)CN(C(=O)[C@@H]3[C@H]4CC[C@H](C4)N3C(=O)OC(C)(C)C)C2)cn2cncc12)C(C)C. The van der Waals surface area contributed by atoms with E-state index < -0.39 is 29.2 Å². The normalized spacial score (nSPS) is 22.2. The molecule has 3 aliphatic rings. The highest BCUT2D eigenvalue weighted by molar-refractivity contribution is 6.03. The fraction of sp³-hybridized carbons (Fsp3) is 0.529. The quantitative estimate of drug-likeness (QED) is 0.347. The van der Waals surface area contributed by atoms with E-state index in [1.165, 1.54) is 17.0 Å². The van der Waals surface area contributed by atoms with Crippen LogP contribution < -0.4 is 0 Å². The molecule has 6 rings (SSSR count). The molecule has 0 radical (unpaired) electrons. The van der Waals surface area contributed by atoms with E-state index in [4.69, 9.17) is 4.74 Å². The maximum absolute atomic E-state index is 16.7. The van der Waals surface area contributed by atoms with Crippen LogP contribution in [0.5, 0.6) is 0 Å². The summed E-state index contributed by atoms with van der Waals surface area (Å²) in [5.41, 5.74) is -0.407. The van der Waals surface area contributed by atoms with Crippen LogP contribution in [0.3, 0.4) is 0 Å². The Hall–Kier alpha value is -4.02. The van der Waals surface area contributed by atoms with Crippen molar-refractivity contribution in [2.24, 2.45) is 5.92 Å². The Morgan fingerprint density at radius 1 is 1.13 bits per heavy atom. The molecular weight excluding hydrogens is 580 g/mol. The van der Waals surface area contributed by atoms with E-state index in [0.29, 0.717) is 28.8 Å². The van der Waals surface area contributed by atoms with E-state index >= 15 is 4.39 Å². The van der Waals surface area contributed by atoms with Crippen LogP contribution in [-0.4, -0.2) is 85.4 Å². The van der Waals surface area contributed by atoms with Crippen molar-refractivity contribution in [1.82, 2.24) is 24.1 Å². The van der Waals surface area contributed by atoms with E-state index in [0.717, 1.165) is 19.3 Å². The molecule has 3 atom stereocenters. The molecule has 1 aliphatic carbocycles. The zero-order chi connectivity index (χ0) is 32.4. The predicted molar refractivity (Wildman–Crippen MR) is 165 cm³/mol. The van der Waals surface area contributed by atoms with E-state index in [2.05, 4.69) is 4.98 Å². The Morgan fingerprint density at radius 3 is 2.53 bits per heavy atom. The van der Waals surface area contributed by atoms with E-state index in [9.17, 15) is 18.8 Å². The number of aromatic nitrogens is 2. The zero-order valence-corrected chi connectivity index (χ0v) is 26.7. The molecule has 0 unspecified atom stereocenters. The minimum absolute atomic E-state index is 0.0292. The van der Waals surface area contributed by atoms with Crippen molar-refractivity contribution < 1.29 is 27.9 Å². The van der Waals surface area contributed by atoms with Crippen molar-refractivity contribution >= 4 is 23.4 Å². The average Bonchev–Trinajstić information content (AvgIpc) is 3.70. The molecule has 4 heterocycles. The number of imidazole rings is 1. The highest BCUT2D eigenvalue weighted by Crippen LogP contribution is 2.46. The van der Waals surface area contributed by atoms with Gasteiger partial charge in [-0.3, -0.25) is 14.5 Å². The molecule has 11 heteroatoms. The molecule has 9 nitrogen and oxygen atoms in total. The number of ether oxygens (including phenoxy) is 1. The average molecular weight is 622 g/mol. The van der Waals surface area contributed by atoms with Gasteiger partial charge in [0.1, 0.15) is 17.5 Å². The van der Waals surface area contributed by atoms with Crippen LogP contribution >= 0.6 is 0 Å². The first kappa shape index (κ1) is 31.0. The van der Waals surface area contributed by atoms with Crippen LogP contribution in [0.15, 0.2) is 43.0 Å². The number of carbonyl (C=O) groups excluding carboxylic acids is 3. The number of halogens is 2. The number of piperidine rings is 1. The van der Waals surface area contributed by atoms with Gasteiger partial charge in [-0.1, -0.05) is 6.07 Å². The number of amides is 3. The van der Waals surface area contributed by atoms with Gasteiger partial charge < -0.3 is 18.9 Å². The van der Waals surface area contributed by atoms with Crippen molar-refractivity contribution in [3.05, 3.63) is 59.9 Å². The molecule has 2 saturated heterocycles. The van der Waals surface area contributed by atoms with Crippen LogP contribution in [0.25, 0.3) is 16.6 Å². The number of carbonyl (C=O) groups is 3. The first-order valence-corrected chi connectivity index (χ1v) is 15.8. The fourth-order valence-corrected chi connectivity index (χ4v) is 7.29. The van der Waals surface area contributed by atoms with Crippen molar-refractivity contribution in [3.8, 4) is 11.1 Å². The summed E-state index contributed by atoms with van der Waals surface area (Å²) in [6, 6.07) is 4.93. The molecule has 2 aromatic heterocycles. The molecule has 1 saturated carbocycles. The Balaban J connectivity index is 1.30. The monoisotopic (exact) mass is 621 g/mol. The highest BCUT2D eigenvalue weighted by Gasteiger charge is 2.57. The molecule has 3 aromatic rings. The molecule has 240 valence electrons. The van der Waals surface area contributed by atoms with Gasteiger partial charge in [-0.15, -0.1) is 0 Å². The summed E-state index contributed by atoms with van der Waals surface area (Å²) < 4.78 is 38.5. The maximum Gasteiger partial charge on any atom is 0.411 e. The number of fused-ring (bicyclic) bond motifs is 3. The number of hydrogen-bond acceptors (Lipinski definition) is 5. The third-order valence-corrected chi connectivity index (χ3v) is 9.40. The van der Waals surface area contributed by atoms with Crippen LogP contribution in [0, 0.1) is 11.7 Å². The van der Waals surface area contributed by atoms with Crippen molar-refractivity contribution in [2.75, 3.05) is 19.6 Å². The Bertz CT molecular complexity index is 1660. The Morgan fingerprint density at radius 2 is 1.87 bits per heavy atom. The lowest BCUT2D eigenvalue weighted by molar-refractivity contribution is -0.153. The molecule has 1 aromatic carbocycles. The van der Waals surface area contributed by atoms with Gasteiger partial charge in [0.25, 0.3) is 5.91 Å². The molecule has 45 heavy (non-hydrogen) atoms. The summed E-state index contributed by atoms with van der Waals surface area (Å²) in [5.74, 6) is -1.09. The molecular formula is C34H41F2N5O4. The Labute approximate surface area is 262 Å². The number of alkyl halides is 1.